The molecule has 3 aromatic rings. The van der Waals surface area contributed by atoms with Crippen LogP contribution in [0.3, 0.4) is 0 Å². The van der Waals surface area contributed by atoms with Crippen LogP contribution in [0.4, 0.5) is 0 Å². The highest BCUT2D eigenvalue weighted by Gasteiger charge is 2.14. The Balaban J connectivity index is -0.000000583. The quantitative estimate of drug-likeness (QED) is 0.107. The van der Waals surface area contributed by atoms with Crippen molar-refractivity contribution < 1.29 is 14.4 Å². The Morgan fingerprint density at radius 2 is 0.915 bits per heavy atom. The second-order valence-electron chi connectivity index (χ2n) is 14.1. The largest absolute Gasteiger partial charge is 0.303 e. The number of hydrogen-bond donors (Lipinski definition) is 0. The lowest BCUT2D eigenvalue weighted by molar-refractivity contribution is -0.110. The van der Waals surface area contributed by atoms with E-state index in [0.29, 0.717) is 0 Å². The molecule has 0 N–H and O–H groups in total. The maximum atomic E-state index is 10.5. The van der Waals surface area contributed by atoms with E-state index < -0.39 is 0 Å². The smallest absolute Gasteiger partial charge is 0.150 e. The molecule has 0 saturated heterocycles. The molecule has 0 aliphatic rings. The molecule has 262 valence electrons. The summed E-state index contributed by atoms with van der Waals surface area (Å²) in [4.78, 5) is 35.3. The molecule has 3 rings (SSSR count). The van der Waals surface area contributed by atoms with E-state index in [4.69, 9.17) is 0 Å². The van der Waals surface area contributed by atoms with E-state index in [1.54, 1.807) is 0 Å². The zero-order chi connectivity index (χ0) is 36.1. The van der Waals surface area contributed by atoms with E-state index >= 15 is 0 Å². The summed E-state index contributed by atoms with van der Waals surface area (Å²) in [5.41, 5.74) is 8.26. The highest BCUT2D eigenvalue weighted by Crippen LogP contribution is 2.24. The number of halogens is 3. The predicted molar refractivity (Wildman–Crippen MR) is 235 cm³/mol. The molecule has 0 bridgehead atoms. The van der Waals surface area contributed by atoms with Crippen molar-refractivity contribution in [1.82, 2.24) is 0 Å². The first-order chi connectivity index (χ1) is 21.4. The molecule has 0 fully saturated rings. The van der Waals surface area contributed by atoms with Gasteiger partial charge in [0.1, 0.15) is 18.9 Å². The number of benzene rings is 3. The topological polar surface area (TPSA) is 51.2 Å². The summed E-state index contributed by atoms with van der Waals surface area (Å²) in [6, 6.07) is 24.6. The molecule has 0 aromatic heterocycles. The maximum absolute atomic E-state index is 10.5. The minimum atomic E-state index is 0. The standard InChI is InChI=1S/C14H20O.C14H18O.C11H14O.2CH3I.HI/c2*1-11(10-15)9-12-5-7-13(8-6-12)14(2,3)4;1-11(2,3)10-6-4-9(8-12)5-7-10;2*1-2;/h5-8,10-11H,9H2,1-4H3;5-10H,1-4H3;4-8H,1-3H3;2*1H3;1H/b;11-9+;;;;. The van der Waals surface area contributed by atoms with Gasteiger partial charge >= 0.3 is 0 Å². The van der Waals surface area contributed by atoms with E-state index in [-0.39, 0.29) is 46.1 Å². The van der Waals surface area contributed by atoms with Crippen LogP contribution in [0, 0.1) is 5.92 Å². The number of carbonyl (C=O) groups is 3. The van der Waals surface area contributed by atoms with Crippen molar-refractivity contribution in [2.24, 2.45) is 5.92 Å². The van der Waals surface area contributed by atoms with Crippen LogP contribution in [0.25, 0.3) is 6.08 Å². The Morgan fingerprint density at radius 1 is 0.596 bits per heavy atom. The molecule has 1 atom stereocenters. The van der Waals surface area contributed by atoms with E-state index in [1.807, 2.05) is 66.2 Å². The van der Waals surface area contributed by atoms with Gasteiger partial charge in [0.2, 0.25) is 0 Å². The summed E-state index contributed by atoms with van der Waals surface area (Å²) in [7, 11) is 0. The van der Waals surface area contributed by atoms with Crippen molar-refractivity contribution in [2.75, 3.05) is 9.86 Å². The van der Waals surface area contributed by atoms with Crippen molar-refractivity contribution in [3.05, 3.63) is 112 Å². The second kappa shape index (κ2) is 25.6. The van der Waals surface area contributed by atoms with Gasteiger partial charge in [0.05, 0.1) is 0 Å². The molecular weight excluding hydrogens is 921 g/mol. The zero-order valence-corrected chi connectivity index (χ0v) is 37.6. The predicted octanol–water partition coefficient (Wildman–Crippen LogP) is 12.5. The van der Waals surface area contributed by atoms with Gasteiger partial charge in [-0.05, 0) is 78.9 Å². The van der Waals surface area contributed by atoms with Gasteiger partial charge in [0.15, 0.2) is 0 Å². The molecule has 6 heteroatoms. The number of aldehydes is 3. The minimum Gasteiger partial charge on any atom is -0.303 e. The molecule has 0 radical (unpaired) electrons. The van der Waals surface area contributed by atoms with Gasteiger partial charge in [0.25, 0.3) is 0 Å². The maximum Gasteiger partial charge on any atom is 0.150 e. The summed E-state index contributed by atoms with van der Waals surface area (Å²) in [6.07, 6.45) is 5.48. The Labute approximate surface area is 331 Å². The third-order valence-corrected chi connectivity index (χ3v) is 6.88. The van der Waals surface area contributed by atoms with Gasteiger partial charge in [-0.3, -0.25) is 9.59 Å². The Hall–Kier alpha value is -1.40. The third-order valence-electron chi connectivity index (χ3n) is 6.88. The number of carbonyl (C=O) groups excluding carboxylic acids is 3. The highest BCUT2D eigenvalue weighted by atomic mass is 127. The van der Waals surface area contributed by atoms with Gasteiger partial charge in [-0.25, -0.2) is 0 Å². The first-order valence-corrected chi connectivity index (χ1v) is 19.8. The fourth-order valence-electron chi connectivity index (χ4n) is 4.00. The SMILES string of the molecule is C/C(C=O)=C\c1ccc(C(C)(C)C)cc1.CC(C)(C)c1ccc(C=O)cc1.CC(C=O)Cc1ccc(C(C)(C)C)cc1.CI.CI.I. The lowest BCUT2D eigenvalue weighted by atomic mass is 9.86. The van der Waals surface area contributed by atoms with E-state index in [2.05, 4.69) is 144 Å². The molecule has 0 aliphatic carbocycles. The minimum absolute atomic E-state index is 0. The average Bonchev–Trinajstić information content (AvgIpc) is 3.02. The highest BCUT2D eigenvalue weighted by molar-refractivity contribution is 14.1. The fraction of sp³-hybridized carbons (Fsp3) is 0.439. The summed E-state index contributed by atoms with van der Waals surface area (Å²) < 4.78 is 0. The molecule has 0 heterocycles. The van der Waals surface area contributed by atoms with Gasteiger partial charge in [-0.15, -0.1) is 24.0 Å². The van der Waals surface area contributed by atoms with Crippen LogP contribution in [-0.2, 0) is 32.3 Å². The Morgan fingerprint density at radius 3 is 1.19 bits per heavy atom. The van der Waals surface area contributed by atoms with Gasteiger partial charge < -0.3 is 4.79 Å². The molecule has 47 heavy (non-hydrogen) atoms. The lowest BCUT2D eigenvalue weighted by Crippen LogP contribution is -2.11. The van der Waals surface area contributed by atoms with Crippen molar-refractivity contribution >= 4 is 94.1 Å². The molecule has 0 spiro atoms. The summed E-state index contributed by atoms with van der Waals surface area (Å²) in [5.74, 6) is 0.116. The summed E-state index contributed by atoms with van der Waals surface area (Å²) in [5, 5.41) is 0. The number of rotatable bonds is 6. The van der Waals surface area contributed by atoms with Crippen molar-refractivity contribution in [1.29, 1.82) is 0 Å². The second-order valence-corrected chi connectivity index (χ2v) is 14.1. The molecule has 3 nitrogen and oxygen atoms in total. The molecule has 0 amide bonds. The van der Waals surface area contributed by atoms with Crippen molar-refractivity contribution in [3.63, 3.8) is 0 Å². The first-order valence-electron chi connectivity index (χ1n) is 15.5. The van der Waals surface area contributed by atoms with Gasteiger partial charge in [-0.2, -0.15) is 0 Å². The third kappa shape index (κ3) is 22.0. The number of allylic oxidation sites excluding steroid dienone is 1. The summed E-state index contributed by atoms with van der Waals surface area (Å²) >= 11 is 4.30. The number of hydrogen-bond acceptors (Lipinski definition) is 3. The van der Waals surface area contributed by atoms with Crippen molar-refractivity contribution in [2.45, 2.75) is 98.8 Å². The van der Waals surface area contributed by atoms with Crippen LogP contribution in [-0.4, -0.2) is 28.7 Å². The van der Waals surface area contributed by atoms with Gasteiger partial charge in [-0.1, -0.05) is 187 Å². The van der Waals surface area contributed by atoms with Crippen molar-refractivity contribution in [3.8, 4) is 0 Å². The van der Waals surface area contributed by atoms with Crippen LogP contribution in [0.5, 0.6) is 0 Å². The van der Waals surface area contributed by atoms with Crippen LogP contribution < -0.4 is 0 Å². The fourth-order valence-corrected chi connectivity index (χ4v) is 4.00. The lowest BCUT2D eigenvalue weighted by Gasteiger charge is -2.19. The Bertz CT molecular complexity index is 1290. The van der Waals surface area contributed by atoms with E-state index in [1.165, 1.54) is 22.3 Å². The monoisotopic (exact) mass is 980 g/mol. The Kier molecular flexibility index (Phi) is 27.2. The molecule has 0 aliphatic heterocycles. The average molecular weight is 981 g/mol. The first kappa shape index (κ1) is 50.0. The van der Waals surface area contributed by atoms with Crippen LogP contribution in [0.2, 0.25) is 0 Å². The van der Waals surface area contributed by atoms with E-state index in [9.17, 15) is 14.4 Å². The molecule has 0 saturated carbocycles. The van der Waals surface area contributed by atoms with E-state index in [0.717, 1.165) is 42.0 Å². The molecule has 1 unspecified atom stereocenters. The van der Waals surface area contributed by atoms with Gasteiger partial charge in [0, 0.05) is 11.5 Å². The number of alkyl halides is 2. The molecular formula is C41H59I3O3. The molecule has 3 aromatic carbocycles. The van der Waals surface area contributed by atoms with Crippen LogP contribution in [0.15, 0.2) is 78.4 Å². The van der Waals surface area contributed by atoms with Crippen LogP contribution >= 0.6 is 69.2 Å². The summed E-state index contributed by atoms with van der Waals surface area (Å²) in [6.45, 7) is 23.4. The van der Waals surface area contributed by atoms with Crippen LogP contribution in [0.1, 0.15) is 114 Å². The normalized spacial score (nSPS) is 11.5. The zero-order valence-electron chi connectivity index (χ0n) is 30.9.